The Hall–Kier alpha value is -3.01. The molecule has 0 aliphatic carbocycles. The highest BCUT2D eigenvalue weighted by Crippen LogP contribution is 2.23. The van der Waals surface area contributed by atoms with Crippen LogP contribution in [0.1, 0.15) is 6.92 Å². The number of anilines is 1. The summed E-state index contributed by atoms with van der Waals surface area (Å²) in [6, 6.07) is 10.8. The average Bonchev–Trinajstić information content (AvgIpc) is 2.81. The highest BCUT2D eigenvalue weighted by molar-refractivity contribution is 5.92. The molecular formula is C23H28N4O5. The van der Waals surface area contributed by atoms with Gasteiger partial charge in [-0.1, -0.05) is 0 Å². The molecule has 2 saturated heterocycles. The Bertz CT molecular complexity index is 918. The van der Waals surface area contributed by atoms with E-state index in [1.54, 1.807) is 54.5 Å². The Kier molecular flexibility index (Phi) is 6.99. The number of hydrogen-bond donors (Lipinski definition) is 1. The largest absolute Gasteiger partial charge is 0.456 e. The Balaban J connectivity index is 1.29. The third-order valence-corrected chi connectivity index (χ3v) is 5.48. The summed E-state index contributed by atoms with van der Waals surface area (Å²) in [4.78, 5) is 33.3. The van der Waals surface area contributed by atoms with Crippen LogP contribution in [0, 0.1) is 0 Å². The quantitative estimate of drug-likeness (QED) is 0.732. The van der Waals surface area contributed by atoms with Crippen molar-refractivity contribution in [3.8, 4) is 11.5 Å². The summed E-state index contributed by atoms with van der Waals surface area (Å²) < 4.78 is 16.9. The third-order valence-electron chi connectivity index (χ3n) is 5.48. The average molecular weight is 441 g/mol. The van der Waals surface area contributed by atoms with Crippen molar-refractivity contribution < 1.29 is 23.8 Å². The molecule has 9 nitrogen and oxygen atoms in total. The summed E-state index contributed by atoms with van der Waals surface area (Å²) in [5.74, 6) is 1.11. The fraction of sp³-hybridized carbons (Fsp3) is 0.435. The molecular weight excluding hydrogens is 412 g/mol. The summed E-state index contributed by atoms with van der Waals surface area (Å²) in [6.45, 7) is 5.57. The van der Waals surface area contributed by atoms with E-state index in [1.165, 1.54) is 0 Å². The smallest absolute Gasteiger partial charge is 0.256 e. The van der Waals surface area contributed by atoms with Crippen LogP contribution in [0.25, 0.3) is 0 Å². The first-order valence-electron chi connectivity index (χ1n) is 10.7. The van der Waals surface area contributed by atoms with E-state index in [4.69, 9.17) is 14.2 Å². The van der Waals surface area contributed by atoms with Gasteiger partial charge in [-0.2, -0.15) is 0 Å². The maximum Gasteiger partial charge on any atom is 0.256 e. The van der Waals surface area contributed by atoms with Crippen molar-refractivity contribution in [2.75, 3.05) is 57.9 Å². The molecule has 4 rings (SSSR count). The molecule has 1 atom stereocenters. The van der Waals surface area contributed by atoms with Crippen molar-refractivity contribution >= 4 is 17.5 Å². The number of carbonyl (C=O) groups is 2. The number of nitrogens with one attached hydrogen (secondary N) is 1. The lowest BCUT2D eigenvalue weighted by Gasteiger charge is -2.42. The van der Waals surface area contributed by atoms with Gasteiger partial charge >= 0.3 is 0 Å². The van der Waals surface area contributed by atoms with Crippen molar-refractivity contribution in [1.29, 1.82) is 0 Å². The number of ether oxygens (including phenoxy) is 3. The van der Waals surface area contributed by atoms with Crippen molar-refractivity contribution in [3.05, 3.63) is 48.8 Å². The van der Waals surface area contributed by atoms with Gasteiger partial charge in [-0.15, -0.1) is 0 Å². The maximum atomic E-state index is 13.0. The molecule has 2 fully saturated rings. The Morgan fingerprint density at radius 1 is 1.09 bits per heavy atom. The van der Waals surface area contributed by atoms with E-state index in [9.17, 15) is 9.59 Å². The fourth-order valence-corrected chi connectivity index (χ4v) is 3.87. The van der Waals surface area contributed by atoms with Crippen LogP contribution in [-0.2, 0) is 19.1 Å². The first-order valence-corrected chi connectivity index (χ1v) is 10.7. The molecule has 32 heavy (non-hydrogen) atoms. The summed E-state index contributed by atoms with van der Waals surface area (Å²) in [5, 5.41) is 2.90. The molecule has 1 aromatic heterocycles. The second-order valence-electron chi connectivity index (χ2n) is 8.06. The monoisotopic (exact) mass is 440 g/mol. The van der Waals surface area contributed by atoms with Gasteiger partial charge in [0.2, 0.25) is 5.91 Å². The van der Waals surface area contributed by atoms with Gasteiger partial charge in [0.25, 0.3) is 5.91 Å². The van der Waals surface area contributed by atoms with Gasteiger partial charge in [0, 0.05) is 38.1 Å². The van der Waals surface area contributed by atoms with Crippen LogP contribution >= 0.6 is 0 Å². The number of pyridine rings is 1. The number of rotatable bonds is 6. The zero-order chi connectivity index (χ0) is 22.4. The molecule has 9 heteroatoms. The van der Waals surface area contributed by atoms with Crippen molar-refractivity contribution in [1.82, 2.24) is 14.8 Å². The highest BCUT2D eigenvalue weighted by atomic mass is 16.5. The second-order valence-corrected chi connectivity index (χ2v) is 8.06. The van der Waals surface area contributed by atoms with Crippen LogP contribution in [0.4, 0.5) is 5.69 Å². The van der Waals surface area contributed by atoms with Crippen LogP contribution in [-0.4, -0.2) is 84.7 Å². The molecule has 2 aliphatic rings. The molecule has 0 radical (unpaired) electrons. The number of hydrogen-bond acceptors (Lipinski definition) is 7. The predicted molar refractivity (Wildman–Crippen MR) is 118 cm³/mol. The minimum atomic E-state index is -0.957. The standard InChI is InChI=1S/C23H28N4O5/c1-23(22(29)27-10-12-30-13-11-27)17-26(9-14-31-23)16-21(28)25-18-4-6-19(7-5-18)32-20-3-2-8-24-15-20/h2-8,15H,9-14,16-17H2,1H3,(H,25,28)/t23-/m1/s1. The van der Waals surface area contributed by atoms with Gasteiger partial charge in [-0.05, 0) is 43.3 Å². The molecule has 3 heterocycles. The summed E-state index contributed by atoms with van der Waals surface area (Å²) in [7, 11) is 0. The second kappa shape index (κ2) is 10.1. The Labute approximate surface area is 187 Å². The van der Waals surface area contributed by atoms with Crippen LogP contribution < -0.4 is 10.1 Å². The van der Waals surface area contributed by atoms with Crippen molar-refractivity contribution in [2.24, 2.45) is 0 Å². The van der Waals surface area contributed by atoms with Crippen LogP contribution in [0.5, 0.6) is 11.5 Å². The highest BCUT2D eigenvalue weighted by Gasteiger charge is 2.42. The minimum Gasteiger partial charge on any atom is -0.456 e. The van der Waals surface area contributed by atoms with E-state index in [-0.39, 0.29) is 18.4 Å². The Morgan fingerprint density at radius 2 is 1.88 bits per heavy atom. The molecule has 2 aromatic rings. The SMILES string of the molecule is C[C@]1(C(=O)N2CCOCC2)CN(CC(=O)Nc2ccc(Oc3cccnc3)cc2)CCO1. The van der Waals surface area contributed by atoms with Gasteiger partial charge in [0.1, 0.15) is 11.5 Å². The van der Waals surface area contributed by atoms with E-state index in [1.807, 2.05) is 11.0 Å². The number of nitrogens with zero attached hydrogens (tertiary/aromatic N) is 3. The summed E-state index contributed by atoms with van der Waals surface area (Å²) >= 11 is 0. The zero-order valence-electron chi connectivity index (χ0n) is 18.2. The number of aromatic nitrogens is 1. The minimum absolute atomic E-state index is 0.0462. The van der Waals surface area contributed by atoms with E-state index < -0.39 is 5.60 Å². The van der Waals surface area contributed by atoms with Crippen LogP contribution in [0.2, 0.25) is 0 Å². The lowest BCUT2D eigenvalue weighted by Crippen LogP contribution is -2.61. The van der Waals surface area contributed by atoms with E-state index in [0.717, 1.165) is 0 Å². The predicted octanol–water partition coefficient (Wildman–Crippen LogP) is 1.76. The molecule has 2 aliphatic heterocycles. The molecule has 0 unspecified atom stereocenters. The lowest BCUT2D eigenvalue weighted by molar-refractivity contribution is -0.171. The van der Waals surface area contributed by atoms with E-state index >= 15 is 0 Å². The Morgan fingerprint density at radius 3 is 2.59 bits per heavy atom. The van der Waals surface area contributed by atoms with Crippen molar-refractivity contribution in [3.63, 3.8) is 0 Å². The van der Waals surface area contributed by atoms with Gasteiger partial charge < -0.3 is 24.4 Å². The fourth-order valence-electron chi connectivity index (χ4n) is 3.87. The molecule has 0 spiro atoms. The molecule has 170 valence electrons. The first-order chi connectivity index (χ1) is 15.5. The van der Waals surface area contributed by atoms with Gasteiger partial charge in [0.15, 0.2) is 5.60 Å². The molecule has 1 N–H and O–H groups in total. The van der Waals surface area contributed by atoms with E-state index in [2.05, 4.69) is 10.3 Å². The molecule has 0 bridgehead atoms. The molecule has 1 aromatic carbocycles. The summed E-state index contributed by atoms with van der Waals surface area (Å²) in [5.41, 5.74) is -0.282. The van der Waals surface area contributed by atoms with Crippen molar-refractivity contribution in [2.45, 2.75) is 12.5 Å². The maximum absolute atomic E-state index is 13.0. The normalized spacial score (nSPS) is 21.7. The molecule has 2 amide bonds. The number of benzene rings is 1. The van der Waals surface area contributed by atoms with Gasteiger partial charge in [0.05, 0.1) is 32.6 Å². The van der Waals surface area contributed by atoms with Gasteiger partial charge in [-0.3, -0.25) is 19.5 Å². The van der Waals surface area contributed by atoms with E-state index in [0.29, 0.717) is 63.2 Å². The zero-order valence-corrected chi connectivity index (χ0v) is 18.2. The summed E-state index contributed by atoms with van der Waals surface area (Å²) in [6.07, 6.45) is 3.32. The van der Waals surface area contributed by atoms with Crippen LogP contribution in [0.15, 0.2) is 48.8 Å². The van der Waals surface area contributed by atoms with Gasteiger partial charge in [-0.25, -0.2) is 0 Å². The topological polar surface area (TPSA) is 93.2 Å². The van der Waals surface area contributed by atoms with Crippen LogP contribution in [0.3, 0.4) is 0 Å². The molecule has 0 saturated carbocycles. The number of amides is 2. The lowest BCUT2D eigenvalue weighted by atomic mass is 10.0. The first kappa shape index (κ1) is 22.2. The third kappa shape index (κ3) is 5.61. The number of carbonyl (C=O) groups excluding carboxylic acids is 2. The number of morpholine rings is 2.